The van der Waals surface area contributed by atoms with Crippen LogP contribution in [0.25, 0.3) is 10.8 Å². The van der Waals surface area contributed by atoms with E-state index in [4.69, 9.17) is 0 Å². The van der Waals surface area contributed by atoms with Crippen LogP contribution in [0, 0.1) is 12.7 Å². The summed E-state index contributed by atoms with van der Waals surface area (Å²) in [6.45, 7) is 1.91. The Labute approximate surface area is 119 Å². The quantitative estimate of drug-likeness (QED) is 0.578. The Bertz CT molecular complexity index is 780. The van der Waals surface area contributed by atoms with Crippen molar-refractivity contribution in [3.05, 3.63) is 58.9 Å². The smallest absolute Gasteiger partial charge is 0.203 e. The van der Waals surface area contributed by atoms with Crippen molar-refractivity contribution < 1.29 is 4.39 Å². The molecule has 20 heavy (non-hydrogen) atoms. The number of hydrazone groups is 1. The summed E-state index contributed by atoms with van der Waals surface area (Å²) in [5.74, 6) is -0.260. The number of fused-ring (bicyclic) bond motifs is 1. The number of nitrogens with zero attached hydrogens (tertiary/aromatic N) is 2. The molecule has 3 nitrogen and oxygen atoms in total. The van der Waals surface area contributed by atoms with Crippen molar-refractivity contribution in [1.82, 2.24) is 4.98 Å². The molecule has 0 aliphatic heterocycles. The lowest BCUT2D eigenvalue weighted by molar-refractivity contribution is 0.638. The second-order valence-corrected chi connectivity index (χ2v) is 5.21. The Balaban J connectivity index is 1.85. The van der Waals surface area contributed by atoms with E-state index in [1.54, 1.807) is 12.1 Å². The van der Waals surface area contributed by atoms with Crippen LogP contribution >= 0.6 is 11.3 Å². The van der Waals surface area contributed by atoms with Crippen molar-refractivity contribution in [2.45, 2.75) is 6.92 Å². The minimum atomic E-state index is -0.260. The molecule has 0 spiro atoms. The Morgan fingerprint density at radius 3 is 2.90 bits per heavy atom. The van der Waals surface area contributed by atoms with E-state index < -0.39 is 0 Å². The average molecular weight is 285 g/mol. The fourth-order valence-electron chi connectivity index (χ4n) is 1.91. The van der Waals surface area contributed by atoms with Gasteiger partial charge in [-0.25, -0.2) is 9.37 Å². The van der Waals surface area contributed by atoms with Crippen molar-refractivity contribution in [2.24, 2.45) is 5.10 Å². The standard InChI is InChI=1S/C15H12FN3S/c1-10-9-20-15(18-10)19-17-8-12-7-6-11-4-2-3-5-13(11)14(12)16/h2-9H,1H3,(H,18,19). The maximum Gasteiger partial charge on any atom is 0.203 e. The highest BCUT2D eigenvalue weighted by atomic mass is 32.1. The molecular formula is C15H12FN3S. The first kappa shape index (κ1) is 12.7. The molecule has 0 fully saturated rings. The fraction of sp³-hybridized carbons (Fsp3) is 0.0667. The molecule has 1 aromatic heterocycles. The molecule has 5 heteroatoms. The molecule has 3 aromatic rings. The van der Waals surface area contributed by atoms with Gasteiger partial charge in [-0.3, -0.25) is 5.43 Å². The predicted octanol–water partition coefficient (Wildman–Crippen LogP) is 4.19. The number of nitrogens with one attached hydrogen (secondary N) is 1. The number of thiazole rings is 1. The van der Waals surface area contributed by atoms with Gasteiger partial charge in [-0.15, -0.1) is 11.3 Å². The van der Waals surface area contributed by atoms with Crippen LogP contribution in [0.15, 0.2) is 46.9 Å². The van der Waals surface area contributed by atoms with E-state index in [9.17, 15) is 4.39 Å². The maximum atomic E-state index is 14.3. The van der Waals surface area contributed by atoms with Crippen LogP contribution in [0.2, 0.25) is 0 Å². The zero-order valence-electron chi connectivity index (χ0n) is 10.8. The Morgan fingerprint density at radius 1 is 1.25 bits per heavy atom. The van der Waals surface area contributed by atoms with Gasteiger partial charge in [-0.1, -0.05) is 30.3 Å². The maximum absolute atomic E-state index is 14.3. The van der Waals surface area contributed by atoms with Crippen LogP contribution in [-0.4, -0.2) is 11.2 Å². The van der Waals surface area contributed by atoms with Crippen LogP contribution in [0.4, 0.5) is 9.52 Å². The molecule has 1 N–H and O–H groups in total. The molecule has 0 aliphatic rings. The van der Waals surface area contributed by atoms with Gasteiger partial charge in [-0.05, 0) is 18.4 Å². The van der Waals surface area contributed by atoms with Gasteiger partial charge in [0.25, 0.3) is 0 Å². The molecule has 0 aliphatic carbocycles. The summed E-state index contributed by atoms with van der Waals surface area (Å²) < 4.78 is 14.3. The molecule has 0 saturated carbocycles. The normalized spacial score (nSPS) is 11.3. The third-order valence-corrected chi connectivity index (χ3v) is 3.74. The minimum absolute atomic E-state index is 0.260. The highest BCUT2D eigenvalue weighted by molar-refractivity contribution is 7.13. The topological polar surface area (TPSA) is 37.3 Å². The van der Waals surface area contributed by atoms with Gasteiger partial charge in [-0.2, -0.15) is 5.10 Å². The van der Waals surface area contributed by atoms with Gasteiger partial charge in [0.05, 0.1) is 11.9 Å². The number of benzene rings is 2. The second kappa shape index (κ2) is 5.38. The lowest BCUT2D eigenvalue weighted by Gasteiger charge is -2.02. The lowest BCUT2D eigenvalue weighted by Crippen LogP contribution is -1.94. The number of hydrogen-bond donors (Lipinski definition) is 1. The first-order chi connectivity index (χ1) is 9.74. The lowest BCUT2D eigenvalue weighted by atomic mass is 10.1. The largest absolute Gasteiger partial charge is 0.253 e. The highest BCUT2D eigenvalue weighted by Crippen LogP contribution is 2.20. The molecule has 2 aromatic carbocycles. The summed E-state index contributed by atoms with van der Waals surface area (Å²) in [7, 11) is 0. The Hall–Kier alpha value is -2.27. The molecule has 0 saturated heterocycles. The van der Waals surface area contributed by atoms with Gasteiger partial charge >= 0.3 is 0 Å². The zero-order chi connectivity index (χ0) is 13.9. The third-order valence-electron chi connectivity index (χ3n) is 2.88. The zero-order valence-corrected chi connectivity index (χ0v) is 11.6. The summed E-state index contributed by atoms with van der Waals surface area (Å²) >= 11 is 1.46. The summed E-state index contributed by atoms with van der Waals surface area (Å²) in [5.41, 5.74) is 4.18. The number of hydrogen-bond acceptors (Lipinski definition) is 4. The number of aryl methyl sites for hydroxylation is 1. The van der Waals surface area contributed by atoms with E-state index in [0.29, 0.717) is 16.1 Å². The van der Waals surface area contributed by atoms with Gasteiger partial charge in [0, 0.05) is 16.3 Å². The number of halogens is 1. The molecule has 100 valence electrons. The second-order valence-electron chi connectivity index (χ2n) is 4.35. The predicted molar refractivity (Wildman–Crippen MR) is 82.0 cm³/mol. The van der Waals surface area contributed by atoms with E-state index in [1.807, 2.05) is 36.6 Å². The van der Waals surface area contributed by atoms with Crippen molar-refractivity contribution in [1.29, 1.82) is 0 Å². The van der Waals surface area contributed by atoms with Crippen molar-refractivity contribution in [3.63, 3.8) is 0 Å². The fourth-order valence-corrected chi connectivity index (χ4v) is 2.55. The number of rotatable bonds is 3. The minimum Gasteiger partial charge on any atom is -0.253 e. The average Bonchev–Trinajstić information content (AvgIpc) is 2.87. The molecule has 0 atom stereocenters. The molecule has 0 radical (unpaired) electrons. The van der Waals surface area contributed by atoms with Crippen LogP contribution < -0.4 is 5.43 Å². The van der Waals surface area contributed by atoms with E-state index in [1.165, 1.54) is 17.6 Å². The van der Waals surface area contributed by atoms with Crippen LogP contribution in [-0.2, 0) is 0 Å². The van der Waals surface area contributed by atoms with Crippen molar-refractivity contribution in [2.75, 3.05) is 5.43 Å². The molecule has 1 heterocycles. The molecule has 0 unspecified atom stereocenters. The van der Waals surface area contributed by atoms with Crippen LogP contribution in [0.1, 0.15) is 11.3 Å². The van der Waals surface area contributed by atoms with Crippen molar-refractivity contribution >= 4 is 33.5 Å². The summed E-state index contributed by atoms with van der Waals surface area (Å²) in [4.78, 5) is 4.21. The SMILES string of the molecule is Cc1csc(NN=Cc2ccc3ccccc3c2F)n1. The molecular weight excluding hydrogens is 273 g/mol. The highest BCUT2D eigenvalue weighted by Gasteiger charge is 2.04. The first-order valence-corrected chi connectivity index (χ1v) is 7.00. The number of anilines is 1. The van der Waals surface area contributed by atoms with Crippen molar-refractivity contribution in [3.8, 4) is 0 Å². The monoisotopic (exact) mass is 285 g/mol. The van der Waals surface area contributed by atoms with E-state index in [-0.39, 0.29) is 5.82 Å². The molecule has 0 amide bonds. The molecule has 3 rings (SSSR count). The van der Waals surface area contributed by atoms with Gasteiger partial charge in [0.2, 0.25) is 5.13 Å². The summed E-state index contributed by atoms with van der Waals surface area (Å²) in [6.07, 6.45) is 1.47. The van der Waals surface area contributed by atoms with E-state index >= 15 is 0 Å². The summed E-state index contributed by atoms with van der Waals surface area (Å²) in [6, 6.07) is 11.0. The van der Waals surface area contributed by atoms with Crippen LogP contribution in [0.3, 0.4) is 0 Å². The van der Waals surface area contributed by atoms with Gasteiger partial charge in [0.1, 0.15) is 5.82 Å². The summed E-state index contributed by atoms with van der Waals surface area (Å²) in [5, 5.41) is 8.12. The first-order valence-electron chi connectivity index (χ1n) is 6.12. The number of aromatic nitrogens is 1. The third kappa shape index (κ3) is 2.53. The van der Waals surface area contributed by atoms with Gasteiger partial charge in [0.15, 0.2) is 0 Å². The van der Waals surface area contributed by atoms with E-state index in [0.717, 1.165) is 11.1 Å². The van der Waals surface area contributed by atoms with Crippen LogP contribution in [0.5, 0.6) is 0 Å². The molecule has 0 bridgehead atoms. The Kier molecular flexibility index (Phi) is 3.43. The Morgan fingerprint density at radius 2 is 2.10 bits per heavy atom. The van der Waals surface area contributed by atoms with E-state index in [2.05, 4.69) is 15.5 Å². The van der Waals surface area contributed by atoms with Gasteiger partial charge < -0.3 is 0 Å².